The first-order chi connectivity index (χ1) is 13.7. The summed E-state index contributed by atoms with van der Waals surface area (Å²) >= 11 is 0. The molecule has 1 atom stereocenters. The number of carbonyl (C=O) groups excluding carboxylic acids is 1. The molecule has 28 heavy (non-hydrogen) atoms. The number of nitrogens with one attached hydrogen (secondary N) is 2. The largest absolute Gasteiger partial charge is 0.300 e. The molecule has 2 aromatic carbocycles. The zero-order valence-electron chi connectivity index (χ0n) is 15.2. The minimum Gasteiger partial charge on any atom is -0.300 e. The summed E-state index contributed by atoms with van der Waals surface area (Å²) in [4.78, 5) is 26.0. The van der Waals surface area contributed by atoms with Crippen LogP contribution in [0.1, 0.15) is 29.0 Å². The fraction of sp³-hybridized carbons (Fsp3) is 0.0909. The standard InChI is InChI=1S/C22H17N5O/c1-13(14-5-3-2-4-6-14)21(28)22-24-18-11-16-17(12-19(18)25-22)26-27-20(16)15-7-9-23-10-8-15/h2-13,26-27H,1H3. The number of hydrogen-bond acceptors (Lipinski definition) is 4. The normalized spacial score (nSPS) is 12.5. The zero-order valence-corrected chi connectivity index (χ0v) is 15.2. The van der Waals surface area contributed by atoms with Crippen molar-refractivity contribution in [3.05, 3.63) is 78.4 Å². The summed E-state index contributed by atoms with van der Waals surface area (Å²) in [5.41, 5.74) is 5.26. The van der Waals surface area contributed by atoms with Gasteiger partial charge in [-0.2, -0.15) is 0 Å². The van der Waals surface area contributed by atoms with Gasteiger partial charge in [-0.25, -0.2) is 9.97 Å². The predicted octanol–water partition coefficient (Wildman–Crippen LogP) is 4.49. The Bertz CT molecular complexity index is 1290. The molecule has 0 spiro atoms. The maximum Gasteiger partial charge on any atom is 0.207 e. The molecule has 6 nitrogen and oxygen atoms in total. The van der Waals surface area contributed by atoms with Gasteiger partial charge in [0.2, 0.25) is 5.78 Å². The fourth-order valence-electron chi connectivity index (χ4n) is 3.46. The molecule has 3 heterocycles. The van der Waals surface area contributed by atoms with Crippen molar-refractivity contribution in [2.45, 2.75) is 12.8 Å². The van der Waals surface area contributed by atoms with Gasteiger partial charge in [0.05, 0.1) is 22.2 Å². The number of H-pyrrole nitrogens is 2. The van der Waals surface area contributed by atoms with Crippen LogP contribution in [-0.4, -0.2) is 30.9 Å². The molecule has 0 aliphatic rings. The van der Waals surface area contributed by atoms with Gasteiger partial charge in [0.1, 0.15) is 0 Å². The molecule has 0 aliphatic carbocycles. The van der Waals surface area contributed by atoms with Gasteiger partial charge in [0.25, 0.3) is 0 Å². The highest BCUT2D eigenvalue weighted by Crippen LogP contribution is 2.29. The summed E-state index contributed by atoms with van der Waals surface area (Å²) in [6, 6.07) is 17.5. The Morgan fingerprint density at radius 3 is 2.39 bits per heavy atom. The van der Waals surface area contributed by atoms with Gasteiger partial charge < -0.3 is 5.10 Å². The number of fused-ring (bicyclic) bond motifs is 2. The number of imidazole rings is 1. The van der Waals surface area contributed by atoms with Crippen LogP contribution in [0.5, 0.6) is 0 Å². The third-order valence-corrected chi connectivity index (χ3v) is 5.04. The Morgan fingerprint density at radius 1 is 0.929 bits per heavy atom. The van der Waals surface area contributed by atoms with Gasteiger partial charge in [0, 0.05) is 29.3 Å². The van der Waals surface area contributed by atoms with Crippen LogP contribution in [0.4, 0.5) is 0 Å². The first-order valence-electron chi connectivity index (χ1n) is 9.08. The van der Waals surface area contributed by atoms with E-state index in [2.05, 4.69) is 25.1 Å². The highest BCUT2D eigenvalue weighted by Gasteiger charge is 2.22. The molecule has 0 amide bonds. The number of hydrogen-bond donors (Lipinski definition) is 2. The highest BCUT2D eigenvalue weighted by atomic mass is 16.1. The lowest BCUT2D eigenvalue weighted by Gasteiger charge is -2.07. The number of aromatic amines is 2. The van der Waals surface area contributed by atoms with Crippen molar-refractivity contribution < 1.29 is 4.79 Å². The Balaban J connectivity index is 1.57. The van der Waals surface area contributed by atoms with Crippen molar-refractivity contribution in [1.29, 1.82) is 0 Å². The van der Waals surface area contributed by atoms with E-state index < -0.39 is 0 Å². The second-order valence-corrected chi connectivity index (χ2v) is 6.79. The number of Topliss-reactive ketones (excluding diaryl/α,β-unsaturated/α-hetero) is 1. The Labute approximate surface area is 160 Å². The van der Waals surface area contributed by atoms with Gasteiger partial charge in [0.15, 0.2) is 5.82 Å². The maximum atomic E-state index is 12.9. The zero-order chi connectivity index (χ0) is 19.1. The van der Waals surface area contributed by atoms with Crippen molar-refractivity contribution in [3.8, 4) is 11.3 Å². The summed E-state index contributed by atoms with van der Waals surface area (Å²) in [6.45, 7) is 1.89. The molecule has 0 saturated heterocycles. The summed E-state index contributed by atoms with van der Waals surface area (Å²) < 4.78 is 0. The smallest absolute Gasteiger partial charge is 0.207 e. The lowest BCUT2D eigenvalue weighted by Crippen LogP contribution is -2.11. The fourth-order valence-corrected chi connectivity index (χ4v) is 3.46. The molecule has 1 unspecified atom stereocenters. The van der Waals surface area contributed by atoms with Crippen LogP contribution in [-0.2, 0) is 0 Å². The summed E-state index contributed by atoms with van der Waals surface area (Å²) in [6.07, 6.45) is 3.51. The molecular weight excluding hydrogens is 350 g/mol. The minimum atomic E-state index is -0.288. The predicted molar refractivity (Wildman–Crippen MR) is 108 cm³/mol. The van der Waals surface area contributed by atoms with Crippen LogP contribution in [0.25, 0.3) is 33.2 Å². The number of benzene rings is 2. The van der Waals surface area contributed by atoms with E-state index >= 15 is 0 Å². The van der Waals surface area contributed by atoms with Crippen molar-refractivity contribution in [1.82, 2.24) is 25.1 Å². The molecule has 5 aromatic rings. The molecule has 0 radical (unpaired) electrons. The molecule has 2 N–H and O–H groups in total. The molecule has 0 bridgehead atoms. The first-order valence-corrected chi connectivity index (χ1v) is 9.08. The monoisotopic (exact) mass is 367 g/mol. The van der Waals surface area contributed by atoms with Crippen molar-refractivity contribution in [3.63, 3.8) is 0 Å². The summed E-state index contributed by atoms with van der Waals surface area (Å²) in [5.74, 6) is -0.107. The Kier molecular flexibility index (Phi) is 3.76. The highest BCUT2D eigenvalue weighted by molar-refractivity contribution is 6.04. The second kappa shape index (κ2) is 6.42. The average Bonchev–Trinajstić information content (AvgIpc) is 3.35. The van der Waals surface area contributed by atoms with Crippen molar-refractivity contribution in [2.24, 2.45) is 0 Å². The van der Waals surface area contributed by atoms with Gasteiger partial charge in [-0.3, -0.25) is 14.9 Å². The lowest BCUT2D eigenvalue weighted by molar-refractivity contribution is 0.0957. The third kappa shape index (κ3) is 2.66. The topological polar surface area (TPSA) is 87.3 Å². The molecule has 136 valence electrons. The average molecular weight is 367 g/mol. The van der Waals surface area contributed by atoms with Gasteiger partial charge in [-0.05, 0) is 29.8 Å². The summed E-state index contributed by atoms with van der Waals surface area (Å²) in [7, 11) is 0. The SMILES string of the molecule is CC(C(=O)c1nc2cc3[nH][nH]c(-c4ccncc4)c3cc2n1)c1ccccc1. The van der Waals surface area contributed by atoms with E-state index in [0.717, 1.165) is 27.7 Å². The van der Waals surface area contributed by atoms with E-state index in [-0.39, 0.29) is 17.5 Å². The Hall–Kier alpha value is -3.80. The lowest BCUT2D eigenvalue weighted by atomic mass is 9.96. The van der Waals surface area contributed by atoms with Crippen LogP contribution in [0.2, 0.25) is 0 Å². The molecule has 0 aliphatic heterocycles. The van der Waals surface area contributed by atoms with E-state index in [1.165, 1.54) is 0 Å². The van der Waals surface area contributed by atoms with Crippen LogP contribution >= 0.6 is 0 Å². The number of nitrogens with zero attached hydrogens (tertiary/aromatic N) is 3. The van der Waals surface area contributed by atoms with Gasteiger partial charge in [-0.15, -0.1) is 0 Å². The summed E-state index contributed by atoms with van der Waals surface area (Å²) in [5, 5.41) is 7.36. The van der Waals surface area contributed by atoms with E-state index in [4.69, 9.17) is 0 Å². The first kappa shape index (κ1) is 16.4. The molecular formula is C22H17N5O. The van der Waals surface area contributed by atoms with E-state index in [1.54, 1.807) is 12.4 Å². The molecule has 6 heteroatoms. The maximum absolute atomic E-state index is 12.9. The van der Waals surface area contributed by atoms with Crippen LogP contribution in [0, 0.1) is 0 Å². The Morgan fingerprint density at radius 2 is 1.64 bits per heavy atom. The minimum absolute atomic E-state index is 0.0769. The third-order valence-electron chi connectivity index (χ3n) is 5.04. The molecule has 0 fully saturated rings. The van der Waals surface area contributed by atoms with Crippen LogP contribution < -0.4 is 0 Å². The van der Waals surface area contributed by atoms with E-state index in [1.807, 2.05) is 61.5 Å². The number of carbonyl (C=O) groups is 1. The molecule has 0 saturated carbocycles. The number of pyridine rings is 1. The van der Waals surface area contributed by atoms with E-state index in [9.17, 15) is 4.79 Å². The van der Waals surface area contributed by atoms with Gasteiger partial charge in [-0.1, -0.05) is 37.3 Å². The van der Waals surface area contributed by atoms with Crippen LogP contribution in [0.15, 0.2) is 67.0 Å². The molecule has 3 aromatic heterocycles. The van der Waals surface area contributed by atoms with E-state index in [0.29, 0.717) is 11.0 Å². The quantitative estimate of drug-likeness (QED) is 0.458. The number of ketones is 1. The van der Waals surface area contributed by atoms with Crippen molar-refractivity contribution >= 4 is 27.7 Å². The van der Waals surface area contributed by atoms with Crippen molar-refractivity contribution in [2.75, 3.05) is 0 Å². The second-order valence-electron chi connectivity index (χ2n) is 6.79. The van der Waals surface area contributed by atoms with Gasteiger partial charge >= 0.3 is 0 Å². The van der Waals surface area contributed by atoms with Crippen LogP contribution in [0.3, 0.4) is 0 Å². The molecule has 5 rings (SSSR count). The number of rotatable bonds is 4. The number of aromatic nitrogens is 5.